The van der Waals surface area contributed by atoms with Crippen LogP contribution in [0, 0.1) is 0 Å². The maximum atomic E-state index is 12.8. The van der Waals surface area contributed by atoms with E-state index >= 15 is 0 Å². The number of carbonyl (C=O) groups is 1. The number of hydrogen-bond donors (Lipinski definition) is 2. The van der Waals surface area contributed by atoms with Gasteiger partial charge >= 0.3 is 0 Å². The summed E-state index contributed by atoms with van der Waals surface area (Å²) in [6, 6.07) is 7.32. The highest BCUT2D eigenvalue weighted by Crippen LogP contribution is 2.22. The van der Waals surface area contributed by atoms with Crippen LogP contribution in [0.1, 0.15) is 28.8 Å². The average Bonchev–Trinajstić information content (AvgIpc) is 3.31. The molecule has 0 bridgehead atoms. The number of rotatable bonds is 5. The highest BCUT2D eigenvalue weighted by Gasteiger charge is 2.23. The van der Waals surface area contributed by atoms with Crippen LogP contribution in [-0.2, 0) is 17.8 Å². The number of aromatic nitrogens is 3. The Kier molecular flexibility index (Phi) is 4.96. The Bertz CT molecular complexity index is 991. The van der Waals surface area contributed by atoms with Gasteiger partial charge in [0.2, 0.25) is 0 Å². The van der Waals surface area contributed by atoms with Crippen LogP contribution in [0.5, 0.6) is 0 Å². The molecule has 1 atom stereocenters. The first kappa shape index (κ1) is 17.8. The highest BCUT2D eigenvalue weighted by molar-refractivity contribution is 6.31. The van der Waals surface area contributed by atoms with E-state index in [-0.39, 0.29) is 24.1 Å². The fourth-order valence-electron chi connectivity index (χ4n) is 3.30. The predicted octanol–water partition coefficient (Wildman–Crippen LogP) is 2.44. The third-order valence-electron chi connectivity index (χ3n) is 4.69. The lowest BCUT2D eigenvalue weighted by Crippen LogP contribution is -2.26. The molecule has 0 saturated carbocycles. The van der Waals surface area contributed by atoms with Gasteiger partial charge in [-0.2, -0.15) is 5.10 Å². The first-order chi connectivity index (χ1) is 13.1. The first-order valence-corrected chi connectivity index (χ1v) is 9.21. The number of aromatic amines is 1. The second kappa shape index (κ2) is 7.54. The summed E-state index contributed by atoms with van der Waals surface area (Å²) in [6.45, 7) is 1.62. The van der Waals surface area contributed by atoms with E-state index in [1.54, 1.807) is 18.5 Å². The molecule has 140 valence electrons. The molecule has 1 aromatic rings. The third-order valence-corrected chi connectivity index (χ3v) is 5.06. The van der Waals surface area contributed by atoms with Crippen LogP contribution < -0.4 is 10.9 Å². The summed E-state index contributed by atoms with van der Waals surface area (Å²) in [7, 11) is 0. The minimum atomic E-state index is -0.313. The molecule has 3 aliphatic rings. The SMILES string of the molecule is O=C(NCc1ccccc1Cl)c1cn(C[C@@H]2CCCO2)cc2c(=O)[nH]nc1-2. The molecule has 7 nitrogen and oxygen atoms in total. The molecule has 3 heterocycles. The minimum Gasteiger partial charge on any atom is -0.376 e. The predicted molar refractivity (Wildman–Crippen MR) is 101 cm³/mol. The molecule has 1 fully saturated rings. The van der Waals surface area contributed by atoms with E-state index in [0.717, 1.165) is 25.0 Å². The number of H-pyrrole nitrogens is 1. The van der Waals surface area contributed by atoms with Gasteiger partial charge in [-0.1, -0.05) is 29.8 Å². The van der Waals surface area contributed by atoms with E-state index in [0.29, 0.717) is 28.4 Å². The van der Waals surface area contributed by atoms with E-state index in [4.69, 9.17) is 16.3 Å². The van der Waals surface area contributed by atoms with Gasteiger partial charge in [0.05, 0.1) is 17.2 Å². The van der Waals surface area contributed by atoms with Gasteiger partial charge < -0.3 is 14.6 Å². The van der Waals surface area contributed by atoms with Crippen LogP contribution in [0.25, 0.3) is 11.3 Å². The average molecular weight is 387 g/mol. The summed E-state index contributed by atoms with van der Waals surface area (Å²) in [6.07, 6.45) is 5.51. The third kappa shape index (κ3) is 3.74. The zero-order chi connectivity index (χ0) is 18.8. The maximum Gasteiger partial charge on any atom is 0.275 e. The first-order valence-electron chi connectivity index (χ1n) is 8.83. The highest BCUT2D eigenvalue weighted by atomic mass is 35.5. The van der Waals surface area contributed by atoms with Crippen molar-refractivity contribution in [2.45, 2.75) is 32.0 Å². The van der Waals surface area contributed by atoms with Crippen molar-refractivity contribution in [2.75, 3.05) is 6.61 Å². The Morgan fingerprint density at radius 3 is 3.00 bits per heavy atom. The van der Waals surface area contributed by atoms with Crippen molar-refractivity contribution in [1.82, 2.24) is 20.1 Å². The van der Waals surface area contributed by atoms with Crippen LogP contribution in [-0.4, -0.2) is 33.4 Å². The molecule has 2 N–H and O–H groups in total. The molecule has 4 rings (SSSR count). The second-order valence-corrected chi connectivity index (χ2v) is 7.00. The van der Waals surface area contributed by atoms with Crippen LogP contribution in [0.15, 0.2) is 41.5 Å². The molecule has 3 aliphatic heterocycles. The molecule has 0 unspecified atom stereocenters. The van der Waals surface area contributed by atoms with Crippen molar-refractivity contribution in [3.63, 3.8) is 0 Å². The van der Waals surface area contributed by atoms with Gasteiger partial charge in [0.1, 0.15) is 5.69 Å². The molecule has 1 amide bonds. The van der Waals surface area contributed by atoms with Crippen LogP contribution in [0.4, 0.5) is 0 Å². The number of ether oxygens (including phenoxy) is 1. The quantitative estimate of drug-likeness (QED) is 0.704. The smallest absolute Gasteiger partial charge is 0.275 e. The summed E-state index contributed by atoms with van der Waals surface area (Å²) in [5.74, 6) is -0.312. The molecular formula is C19H19ClN4O3. The lowest BCUT2D eigenvalue weighted by molar-refractivity contribution is 0.0935. The van der Waals surface area contributed by atoms with Crippen molar-refractivity contribution in [1.29, 1.82) is 0 Å². The van der Waals surface area contributed by atoms with Gasteiger partial charge in [-0.05, 0) is 24.5 Å². The number of benzene rings is 1. The lowest BCUT2D eigenvalue weighted by Gasteiger charge is -2.16. The Morgan fingerprint density at radius 2 is 2.22 bits per heavy atom. The summed E-state index contributed by atoms with van der Waals surface area (Å²) in [5, 5.41) is 9.88. The Hall–Kier alpha value is -2.64. The molecule has 8 heteroatoms. The number of amides is 1. The zero-order valence-electron chi connectivity index (χ0n) is 14.6. The number of carbonyl (C=O) groups excluding carboxylic acids is 1. The summed E-state index contributed by atoms with van der Waals surface area (Å²) >= 11 is 6.14. The van der Waals surface area contributed by atoms with Crippen LogP contribution in [0.2, 0.25) is 5.02 Å². The van der Waals surface area contributed by atoms with Gasteiger partial charge in [-0.15, -0.1) is 0 Å². The standard InChI is InChI=1S/C19H19ClN4O3/c20-16-6-2-1-4-12(16)8-21-18(25)14-10-24(9-13-5-3-7-27-13)11-15-17(14)22-23-19(15)26/h1-2,4,6,10-11,13H,3,5,7-9H2,(H,21,25)(H,23,26)/t13-/m0/s1. The summed E-state index contributed by atoms with van der Waals surface area (Å²) < 4.78 is 7.49. The van der Waals surface area contributed by atoms with Gasteiger partial charge in [-0.25, -0.2) is 5.10 Å². The van der Waals surface area contributed by atoms with Crippen LogP contribution >= 0.6 is 11.6 Å². The number of halogens is 1. The van der Waals surface area contributed by atoms with Crippen molar-refractivity contribution < 1.29 is 9.53 Å². The van der Waals surface area contributed by atoms with E-state index in [2.05, 4.69) is 15.5 Å². The van der Waals surface area contributed by atoms with Crippen LogP contribution in [0.3, 0.4) is 0 Å². The molecular weight excluding hydrogens is 368 g/mol. The van der Waals surface area contributed by atoms with Crippen molar-refractivity contribution in [3.8, 4) is 11.3 Å². The molecule has 0 aromatic heterocycles. The number of pyridine rings is 1. The normalized spacial score (nSPS) is 16.7. The Labute approximate surface area is 160 Å². The lowest BCUT2D eigenvalue weighted by atomic mass is 10.1. The van der Waals surface area contributed by atoms with Gasteiger partial charge in [0.15, 0.2) is 0 Å². The van der Waals surface area contributed by atoms with Crippen molar-refractivity contribution >= 4 is 17.5 Å². The van der Waals surface area contributed by atoms with E-state index in [1.807, 2.05) is 22.8 Å². The van der Waals surface area contributed by atoms with E-state index in [9.17, 15) is 9.59 Å². The van der Waals surface area contributed by atoms with Crippen molar-refractivity contribution in [3.05, 3.63) is 63.2 Å². The molecule has 1 saturated heterocycles. The van der Waals surface area contributed by atoms with Gasteiger partial charge in [0, 0.05) is 37.1 Å². The molecule has 0 aliphatic carbocycles. The monoisotopic (exact) mass is 386 g/mol. The van der Waals surface area contributed by atoms with Gasteiger partial charge in [-0.3, -0.25) is 9.59 Å². The fourth-order valence-corrected chi connectivity index (χ4v) is 3.50. The molecule has 27 heavy (non-hydrogen) atoms. The second-order valence-electron chi connectivity index (χ2n) is 6.59. The van der Waals surface area contributed by atoms with E-state index in [1.165, 1.54) is 0 Å². The minimum absolute atomic E-state index is 0.0912. The summed E-state index contributed by atoms with van der Waals surface area (Å²) in [4.78, 5) is 24.8. The number of fused-ring (bicyclic) bond motifs is 1. The number of nitrogens with zero attached hydrogens (tertiary/aromatic N) is 2. The van der Waals surface area contributed by atoms with E-state index < -0.39 is 0 Å². The molecule has 0 radical (unpaired) electrons. The van der Waals surface area contributed by atoms with Crippen molar-refractivity contribution in [2.24, 2.45) is 0 Å². The summed E-state index contributed by atoms with van der Waals surface area (Å²) in [5.41, 5.74) is 1.60. The molecule has 0 spiro atoms. The number of hydrogen-bond acceptors (Lipinski definition) is 4. The topological polar surface area (TPSA) is 89.0 Å². The molecule has 1 aromatic carbocycles. The Morgan fingerprint density at radius 1 is 1.37 bits per heavy atom. The fraction of sp³-hybridized carbons (Fsp3) is 0.316. The van der Waals surface area contributed by atoms with Gasteiger partial charge in [0.25, 0.3) is 11.5 Å². The zero-order valence-corrected chi connectivity index (χ0v) is 15.3. The number of nitrogens with one attached hydrogen (secondary N) is 2. The largest absolute Gasteiger partial charge is 0.376 e. The Balaban J connectivity index is 1.60. The maximum absolute atomic E-state index is 12.8.